The molecule has 0 saturated heterocycles. The zero-order chi connectivity index (χ0) is 52.0. The van der Waals surface area contributed by atoms with E-state index >= 15 is 0 Å². The van der Waals surface area contributed by atoms with Crippen LogP contribution in [-0.4, -0.2) is 34.9 Å². The van der Waals surface area contributed by atoms with E-state index in [9.17, 15) is 15.0 Å². The average Bonchev–Trinajstić information content (AvgIpc) is 3.39. The molecule has 404 valence electrons. The average molecular weight is 989 g/mol. The van der Waals surface area contributed by atoms with Crippen molar-refractivity contribution in [3.63, 3.8) is 0 Å². The molecular weight excluding hydrogens is 879 g/mol. The third-order valence-electron chi connectivity index (χ3n) is 12.2. The van der Waals surface area contributed by atoms with Crippen molar-refractivity contribution < 1.29 is 15.0 Å². The quantitative estimate of drug-likeness (QED) is 0.0420. The first kappa shape index (κ1) is 67.8. The van der Waals surface area contributed by atoms with E-state index in [1.807, 2.05) is 6.08 Å². The van der Waals surface area contributed by atoms with Crippen molar-refractivity contribution in [2.45, 2.75) is 244 Å². The highest BCUT2D eigenvalue weighted by molar-refractivity contribution is 5.76. The van der Waals surface area contributed by atoms with Crippen LogP contribution in [-0.2, 0) is 4.79 Å². The maximum absolute atomic E-state index is 12.5. The lowest BCUT2D eigenvalue weighted by atomic mass is 10.0. The molecule has 0 bridgehead atoms. The molecule has 0 fully saturated rings. The van der Waals surface area contributed by atoms with Gasteiger partial charge in [-0.15, -0.1) is 0 Å². The largest absolute Gasteiger partial charge is 0.394 e. The lowest BCUT2D eigenvalue weighted by Crippen LogP contribution is -2.45. The van der Waals surface area contributed by atoms with Crippen molar-refractivity contribution in [3.8, 4) is 0 Å². The Morgan fingerprint density at radius 2 is 0.625 bits per heavy atom. The number of allylic oxidation sites excluding steroid dienone is 27. The first-order valence-electron chi connectivity index (χ1n) is 29.3. The van der Waals surface area contributed by atoms with Gasteiger partial charge in [0, 0.05) is 6.42 Å². The normalized spacial score (nSPS) is 14.1. The summed E-state index contributed by atoms with van der Waals surface area (Å²) in [6.45, 7) is 4.16. The van der Waals surface area contributed by atoms with E-state index in [2.05, 4.69) is 177 Å². The van der Waals surface area contributed by atoms with Gasteiger partial charge in [-0.2, -0.15) is 0 Å². The summed E-state index contributed by atoms with van der Waals surface area (Å²) in [5.41, 5.74) is 0. The van der Waals surface area contributed by atoms with E-state index < -0.39 is 12.1 Å². The maximum atomic E-state index is 12.5. The minimum atomic E-state index is -0.899. The van der Waals surface area contributed by atoms with Gasteiger partial charge in [0.15, 0.2) is 0 Å². The van der Waals surface area contributed by atoms with Gasteiger partial charge in [-0.3, -0.25) is 4.79 Å². The van der Waals surface area contributed by atoms with Crippen molar-refractivity contribution in [2.75, 3.05) is 6.61 Å². The molecule has 72 heavy (non-hydrogen) atoms. The fourth-order valence-electron chi connectivity index (χ4n) is 7.74. The number of amides is 1. The van der Waals surface area contributed by atoms with E-state index in [1.54, 1.807) is 6.08 Å². The van der Waals surface area contributed by atoms with Crippen molar-refractivity contribution in [2.24, 2.45) is 0 Å². The smallest absolute Gasteiger partial charge is 0.220 e. The number of carbonyl (C=O) groups excluding carboxylic acids is 1. The number of nitrogens with one attached hydrogen (secondary N) is 1. The van der Waals surface area contributed by atoms with Crippen LogP contribution in [0.3, 0.4) is 0 Å². The van der Waals surface area contributed by atoms with Crippen LogP contribution >= 0.6 is 0 Å². The number of unbranched alkanes of at least 4 members (excludes halogenated alkanes) is 18. The van der Waals surface area contributed by atoms with E-state index in [-0.39, 0.29) is 12.5 Å². The molecule has 0 aromatic carbocycles. The molecule has 1 amide bonds. The lowest BCUT2D eigenvalue weighted by Gasteiger charge is -2.19. The number of aliphatic hydroxyl groups is 2. The summed E-state index contributed by atoms with van der Waals surface area (Å²) in [5.74, 6) is -0.117. The second-order valence-electron chi connectivity index (χ2n) is 19.0. The van der Waals surface area contributed by atoms with Crippen molar-refractivity contribution >= 4 is 5.91 Å². The molecule has 0 aliphatic carbocycles. The van der Waals surface area contributed by atoms with Crippen LogP contribution in [0.1, 0.15) is 232 Å². The van der Waals surface area contributed by atoms with Gasteiger partial charge in [0.05, 0.1) is 18.8 Å². The molecule has 0 heterocycles. The monoisotopic (exact) mass is 988 g/mol. The highest BCUT2D eigenvalue weighted by Gasteiger charge is 2.17. The molecule has 2 atom stereocenters. The van der Waals surface area contributed by atoms with Crippen LogP contribution in [0.15, 0.2) is 170 Å². The summed E-state index contributed by atoms with van der Waals surface area (Å²) in [7, 11) is 0. The summed E-state index contributed by atoms with van der Waals surface area (Å²) < 4.78 is 0. The molecule has 0 spiro atoms. The molecule has 0 aromatic heterocycles. The van der Waals surface area contributed by atoms with Gasteiger partial charge in [-0.1, -0.05) is 267 Å². The number of aliphatic hydroxyl groups excluding tert-OH is 2. The fourth-order valence-corrected chi connectivity index (χ4v) is 7.74. The standard InChI is InChI=1S/C68H109NO3/c1-3-5-7-9-11-13-15-17-19-21-23-25-27-28-29-30-31-32-33-34-35-36-37-38-39-40-42-44-46-48-50-52-54-56-58-60-62-64-68(72)69-66(65-70)67(71)63-61-59-57-55-53-51-49-47-45-43-41-26-24-22-20-18-16-14-12-10-8-6-4-2/h5,7,11,13,17,19,23,25,28-29,31-32,34-35,37-38,40,42,45-48,52-55,61,63,66-67,70-71H,3-4,6,8-10,12,14-16,18,20-22,24,26-27,30,33,36,39,41,43-44,49-51,56-60,62,64-65H2,1-2H3,(H,69,72)/b7-5-,13-11-,19-17-,25-23-,29-28-,32-31-,35-34-,38-37-,42-40-,47-45+,48-46-,54-52-,55-53+,63-61+. The SMILES string of the molecule is CC/C=C\C/C=C\C/C=C\C/C=C\C/C=C\C/C=C\C/C=C\C/C=C\C/C=C\C/C=C\C/C=C\CCCCCC(=O)NC(CO)C(O)/C=C/CC/C=C/CC/C=C/CCCCCCCCCCCCCCC. The summed E-state index contributed by atoms with van der Waals surface area (Å²) in [6.07, 6.45) is 99.4. The Labute approximate surface area is 445 Å². The van der Waals surface area contributed by atoms with Crippen LogP contribution in [0, 0.1) is 0 Å². The number of hydrogen-bond donors (Lipinski definition) is 3. The Bertz CT molecular complexity index is 1590. The highest BCUT2D eigenvalue weighted by Crippen LogP contribution is 2.14. The number of hydrogen-bond acceptors (Lipinski definition) is 3. The summed E-state index contributed by atoms with van der Waals surface area (Å²) in [5, 5.41) is 23.1. The Morgan fingerprint density at radius 1 is 0.347 bits per heavy atom. The first-order chi connectivity index (χ1) is 35.7. The molecule has 0 radical (unpaired) electrons. The molecule has 3 N–H and O–H groups in total. The highest BCUT2D eigenvalue weighted by atomic mass is 16.3. The van der Waals surface area contributed by atoms with Gasteiger partial charge in [-0.25, -0.2) is 0 Å². The van der Waals surface area contributed by atoms with E-state index in [0.717, 1.165) is 122 Å². The van der Waals surface area contributed by atoms with E-state index in [0.29, 0.717) is 6.42 Å². The summed E-state index contributed by atoms with van der Waals surface area (Å²) in [4.78, 5) is 12.5. The number of rotatable bonds is 51. The molecule has 0 aliphatic rings. The molecule has 4 heteroatoms. The van der Waals surface area contributed by atoms with Crippen molar-refractivity contribution in [1.29, 1.82) is 0 Å². The Morgan fingerprint density at radius 3 is 0.972 bits per heavy atom. The predicted molar refractivity (Wildman–Crippen MR) is 321 cm³/mol. The Kier molecular flexibility index (Phi) is 57.4. The van der Waals surface area contributed by atoms with Gasteiger partial charge in [0.25, 0.3) is 0 Å². The molecule has 2 unspecified atom stereocenters. The molecule has 0 rings (SSSR count). The predicted octanol–water partition coefficient (Wildman–Crippen LogP) is 19.9. The van der Waals surface area contributed by atoms with Gasteiger partial charge in [0.1, 0.15) is 0 Å². The first-order valence-corrected chi connectivity index (χ1v) is 29.3. The maximum Gasteiger partial charge on any atom is 0.220 e. The van der Waals surface area contributed by atoms with Gasteiger partial charge < -0.3 is 15.5 Å². The Balaban J connectivity index is 3.76. The van der Waals surface area contributed by atoms with Crippen LogP contribution < -0.4 is 5.32 Å². The van der Waals surface area contributed by atoms with Gasteiger partial charge in [0.2, 0.25) is 5.91 Å². The van der Waals surface area contributed by atoms with Crippen LogP contribution in [0.5, 0.6) is 0 Å². The zero-order valence-electron chi connectivity index (χ0n) is 46.4. The minimum absolute atomic E-state index is 0.117. The minimum Gasteiger partial charge on any atom is -0.394 e. The third-order valence-corrected chi connectivity index (χ3v) is 12.2. The fraction of sp³-hybridized carbons (Fsp3) is 0.574. The molecule has 0 aliphatic heterocycles. The second-order valence-corrected chi connectivity index (χ2v) is 19.0. The van der Waals surface area contributed by atoms with E-state index in [1.165, 1.54) is 89.9 Å². The van der Waals surface area contributed by atoms with Gasteiger partial charge in [-0.05, 0) is 128 Å². The lowest BCUT2D eigenvalue weighted by molar-refractivity contribution is -0.123. The topological polar surface area (TPSA) is 69.6 Å². The number of carbonyl (C=O) groups is 1. The summed E-state index contributed by atoms with van der Waals surface area (Å²) >= 11 is 0. The van der Waals surface area contributed by atoms with Crippen molar-refractivity contribution in [1.82, 2.24) is 5.32 Å². The zero-order valence-corrected chi connectivity index (χ0v) is 46.4. The van der Waals surface area contributed by atoms with E-state index in [4.69, 9.17) is 0 Å². The third kappa shape index (κ3) is 56.7. The molecule has 4 nitrogen and oxygen atoms in total. The molecular formula is C68H109NO3. The summed E-state index contributed by atoms with van der Waals surface area (Å²) in [6, 6.07) is -0.678. The molecule has 0 aromatic rings. The second kappa shape index (κ2) is 61.1. The molecule has 0 saturated carbocycles. The van der Waals surface area contributed by atoms with Crippen LogP contribution in [0.25, 0.3) is 0 Å². The van der Waals surface area contributed by atoms with Crippen LogP contribution in [0.4, 0.5) is 0 Å². The van der Waals surface area contributed by atoms with Crippen molar-refractivity contribution in [3.05, 3.63) is 170 Å². The van der Waals surface area contributed by atoms with Gasteiger partial charge >= 0.3 is 0 Å². The van der Waals surface area contributed by atoms with Crippen LogP contribution in [0.2, 0.25) is 0 Å². The Hall–Kier alpha value is -4.25.